The van der Waals surface area contributed by atoms with Crippen LogP contribution in [0.5, 0.6) is 5.88 Å². The number of fused-ring (bicyclic) bond motifs is 5. The van der Waals surface area contributed by atoms with Crippen LogP contribution in [0.25, 0.3) is 16.7 Å². The lowest BCUT2D eigenvalue weighted by molar-refractivity contribution is -0.222. The van der Waals surface area contributed by atoms with E-state index in [9.17, 15) is 41.1 Å². The summed E-state index contributed by atoms with van der Waals surface area (Å²) in [5.41, 5.74) is -4.14. The van der Waals surface area contributed by atoms with Crippen LogP contribution in [0.3, 0.4) is 0 Å². The number of halogens is 3. The van der Waals surface area contributed by atoms with Crippen LogP contribution in [0, 0.1) is 17.8 Å². The lowest BCUT2D eigenvalue weighted by Crippen LogP contribution is -2.66. The van der Waals surface area contributed by atoms with Crippen molar-refractivity contribution in [2.45, 2.75) is 120 Å². The number of amides is 4. The van der Waals surface area contributed by atoms with E-state index < -0.39 is 85.9 Å². The molecule has 2 aromatic heterocycles. The molecule has 1 aromatic carbocycles. The molecular weight excluding hydrogens is 786 g/mol. The third-order valence-corrected chi connectivity index (χ3v) is 14.5. The minimum atomic E-state index is -5.10. The lowest BCUT2D eigenvalue weighted by atomic mass is 9.85. The summed E-state index contributed by atoms with van der Waals surface area (Å²) in [6.07, 6.45) is -1.46. The molecule has 2 saturated carbocycles. The predicted octanol–water partition coefficient (Wildman–Crippen LogP) is 4.20. The van der Waals surface area contributed by atoms with E-state index in [4.69, 9.17) is 4.74 Å². The summed E-state index contributed by atoms with van der Waals surface area (Å²) in [5.74, 6) is -4.40. The van der Waals surface area contributed by atoms with E-state index in [2.05, 4.69) is 25.2 Å². The van der Waals surface area contributed by atoms with Crippen molar-refractivity contribution in [1.82, 2.24) is 39.4 Å². The number of para-hydroxylation sites is 1. The zero-order valence-electron chi connectivity index (χ0n) is 32.7. The van der Waals surface area contributed by atoms with Gasteiger partial charge in [-0.15, -0.1) is 10.2 Å². The standard InChI is InChI=1S/C38H47F3N8O8S/c1-21-10-6-7-11-23-18-37(23,32(52)46-58(55,56)36(5)14-15-36)44-29(50)27-17-24(57-30-25-12-8-9-13-26(25)48-20-42-45-33(48)43-30)19-47(27)31(51)28(22(2)16-21)49(34(53)54)35(3,4)38(39,40)41/h7-9,11-13,20-24,27-28H,6,10,14-19H2,1-5H3,(H,44,50)(H,46,52)(H,53,54)/b11-7-/t21-,22+,23+,24+,27-,28-,37+/m0/s1. The Morgan fingerprint density at radius 2 is 1.83 bits per heavy atom. The molecule has 58 heavy (non-hydrogen) atoms. The smallest absolute Gasteiger partial charge is 0.411 e. The number of alkyl halides is 3. The number of ether oxygens (including phenoxy) is 1. The maximum Gasteiger partial charge on any atom is 0.411 e. The number of hydrogen-bond acceptors (Lipinski definition) is 10. The van der Waals surface area contributed by atoms with Gasteiger partial charge in [0, 0.05) is 12.3 Å². The Kier molecular flexibility index (Phi) is 10.2. The van der Waals surface area contributed by atoms with Crippen LogP contribution in [-0.4, -0.2) is 113 Å². The molecule has 4 aliphatic rings. The van der Waals surface area contributed by atoms with Crippen molar-refractivity contribution >= 4 is 50.5 Å². The molecule has 3 N–H and O–H groups in total. The first-order chi connectivity index (χ1) is 27.1. The number of rotatable bonds is 7. The largest absolute Gasteiger partial charge is 0.472 e. The van der Waals surface area contributed by atoms with Crippen LogP contribution >= 0.6 is 0 Å². The third kappa shape index (κ3) is 7.20. The molecule has 7 atom stereocenters. The minimum Gasteiger partial charge on any atom is -0.472 e. The van der Waals surface area contributed by atoms with Gasteiger partial charge in [0.2, 0.25) is 27.7 Å². The number of aromatic nitrogens is 4. The second kappa shape index (κ2) is 14.4. The van der Waals surface area contributed by atoms with E-state index in [0.29, 0.717) is 50.4 Å². The molecule has 0 radical (unpaired) electrons. The first-order valence-corrected chi connectivity index (χ1v) is 20.8. The van der Waals surface area contributed by atoms with Crippen LogP contribution in [0.2, 0.25) is 0 Å². The van der Waals surface area contributed by atoms with Crippen molar-refractivity contribution in [2.24, 2.45) is 17.8 Å². The van der Waals surface area contributed by atoms with Gasteiger partial charge in [0.25, 0.3) is 11.7 Å². The summed E-state index contributed by atoms with van der Waals surface area (Å²) in [6, 6.07) is 3.63. The van der Waals surface area contributed by atoms with Gasteiger partial charge in [-0.1, -0.05) is 38.1 Å². The van der Waals surface area contributed by atoms with E-state index in [1.54, 1.807) is 40.8 Å². The Morgan fingerprint density at radius 1 is 1.12 bits per heavy atom. The van der Waals surface area contributed by atoms with Gasteiger partial charge in [-0.3, -0.25) is 28.4 Å². The van der Waals surface area contributed by atoms with Crippen molar-refractivity contribution in [3.8, 4) is 5.88 Å². The average Bonchev–Trinajstić information content (AvgIpc) is 3.92. The first-order valence-electron chi connectivity index (χ1n) is 19.3. The molecule has 4 amide bonds. The number of allylic oxidation sites excluding steroid dienone is 1. The summed E-state index contributed by atoms with van der Waals surface area (Å²) in [4.78, 5) is 62.1. The average molecular weight is 833 g/mol. The Labute approximate surface area is 332 Å². The summed E-state index contributed by atoms with van der Waals surface area (Å²) < 4.78 is 79.6. The summed E-state index contributed by atoms with van der Waals surface area (Å²) in [5, 5.41) is 21.7. The molecule has 314 valence electrons. The fourth-order valence-corrected chi connectivity index (χ4v) is 9.63. The summed E-state index contributed by atoms with van der Waals surface area (Å²) in [7, 11) is -4.12. The second-order valence-electron chi connectivity index (χ2n) is 17.1. The van der Waals surface area contributed by atoms with E-state index in [1.165, 1.54) is 20.2 Å². The highest BCUT2D eigenvalue weighted by Crippen LogP contribution is 2.48. The minimum absolute atomic E-state index is 0.0456. The molecule has 2 aliphatic heterocycles. The number of carbonyl (C=O) groups excluding carboxylic acids is 3. The molecule has 3 aromatic rings. The number of sulfonamides is 1. The Morgan fingerprint density at radius 3 is 2.50 bits per heavy atom. The molecule has 0 spiro atoms. The Bertz CT molecular complexity index is 2300. The fraction of sp³-hybridized carbons (Fsp3) is 0.605. The van der Waals surface area contributed by atoms with Gasteiger partial charge >= 0.3 is 12.3 Å². The van der Waals surface area contributed by atoms with Gasteiger partial charge < -0.3 is 20.1 Å². The molecule has 4 heterocycles. The van der Waals surface area contributed by atoms with Crippen LogP contribution in [0.1, 0.15) is 79.6 Å². The fourth-order valence-electron chi connectivity index (χ4n) is 8.32. The zero-order chi connectivity index (χ0) is 42.2. The molecular formula is C38H47F3N8O8S. The number of hydrogen-bond donors (Lipinski definition) is 3. The monoisotopic (exact) mass is 832 g/mol. The topological polar surface area (TPSA) is 206 Å². The first kappa shape index (κ1) is 41.2. The molecule has 20 heteroatoms. The van der Waals surface area contributed by atoms with Gasteiger partial charge in [0.05, 0.1) is 22.2 Å². The van der Waals surface area contributed by atoms with Crippen molar-refractivity contribution in [3.05, 3.63) is 42.7 Å². The van der Waals surface area contributed by atoms with Crippen LogP contribution in [0.4, 0.5) is 18.0 Å². The van der Waals surface area contributed by atoms with Crippen LogP contribution < -0.4 is 14.8 Å². The maximum absolute atomic E-state index is 15.0. The van der Waals surface area contributed by atoms with Crippen molar-refractivity contribution in [3.63, 3.8) is 0 Å². The number of nitrogens with zero attached hydrogens (tertiary/aromatic N) is 6. The number of benzene rings is 1. The summed E-state index contributed by atoms with van der Waals surface area (Å²) in [6.45, 7) is 5.88. The number of nitrogens with one attached hydrogen (secondary N) is 2. The second-order valence-corrected chi connectivity index (χ2v) is 19.2. The van der Waals surface area contributed by atoms with Crippen LogP contribution in [0.15, 0.2) is 42.7 Å². The van der Waals surface area contributed by atoms with E-state index in [-0.39, 0.29) is 48.3 Å². The van der Waals surface area contributed by atoms with E-state index >= 15 is 4.79 Å². The highest BCUT2D eigenvalue weighted by Gasteiger charge is 2.64. The molecule has 3 fully saturated rings. The molecule has 7 rings (SSSR count). The van der Waals surface area contributed by atoms with Gasteiger partial charge in [-0.25, -0.2) is 13.2 Å². The van der Waals surface area contributed by atoms with Crippen molar-refractivity contribution in [2.75, 3.05) is 6.54 Å². The maximum atomic E-state index is 15.0. The van der Waals surface area contributed by atoms with E-state index in [0.717, 1.165) is 4.90 Å². The quantitative estimate of drug-likeness (QED) is 0.288. The van der Waals surface area contributed by atoms with Gasteiger partial charge in [-0.2, -0.15) is 18.2 Å². The van der Waals surface area contributed by atoms with Gasteiger partial charge in [-0.05, 0) is 83.3 Å². The lowest BCUT2D eigenvalue weighted by Gasteiger charge is -2.45. The molecule has 0 bridgehead atoms. The Hall–Kier alpha value is -5.01. The molecule has 16 nitrogen and oxygen atoms in total. The highest BCUT2D eigenvalue weighted by molar-refractivity contribution is 7.91. The highest BCUT2D eigenvalue weighted by atomic mass is 32.2. The SMILES string of the molecule is C[C@H]1CC/C=C\[C@@H]2C[C@@]2(C(=O)NS(=O)(=O)C2(C)CC2)NC(=O)[C@@H]2C[C@@H](Oc3nc4nncn4c4ccccc34)CN2C(=O)[C@@H](N(C(=O)O)C(C)(C)C(F)(F)F)[C@H](C)C1. The zero-order valence-corrected chi connectivity index (χ0v) is 33.5. The van der Waals surface area contributed by atoms with Crippen molar-refractivity contribution in [1.29, 1.82) is 0 Å². The molecule has 2 aliphatic carbocycles. The van der Waals surface area contributed by atoms with Gasteiger partial charge in [0.1, 0.15) is 35.6 Å². The van der Waals surface area contributed by atoms with Crippen LogP contribution in [-0.2, 0) is 24.4 Å². The Balaban J connectivity index is 1.30. The summed E-state index contributed by atoms with van der Waals surface area (Å²) >= 11 is 0. The number of carbonyl (C=O) groups is 4. The number of carboxylic acid groups (broad SMARTS) is 1. The molecule has 1 saturated heterocycles. The molecule has 0 unspecified atom stereocenters. The van der Waals surface area contributed by atoms with E-state index in [1.807, 2.05) is 6.92 Å². The van der Waals surface area contributed by atoms with Crippen molar-refractivity contribution < 1.29 is 50.6 Å². The third-order valence-electron chi connectivity index (χ3n) is 12.4. The van der Waals surface area contributed by atoms with Gasteiger partial charge in [0.15, 0.2) is 0 Å². The normalized spacial score (nSPS) is 29.7. The predicted molar refractivity (Wildman–Crippen MR) is 202 cm³/mol.